The van der Waals surface area contributed by atoms with Crippen LogP contribution in [-0.4, -0.2) is 45.9 Å². The number of aryl methyl sites for hydroxylation is 1. The summed E-state index contributed by atoms with van der Waals surface area (Å²) in [5, 5.41) is 18.2. The van der Waals surface area contributed by atoms with Gasteiger partial charge in [-0.15, -0.1) is 24.0 Å². The quantitative estimate of drug-likeness (QED) is 0.282. The lowest BCUT2D eigenvalue weighted by molar-refractivity contribution is 0.186. The molecule has 0 amide bonds. The maximum absolute atomic E-state index is 10.5. The van der Waals surface area contributed by atoms with E-state index in [1.165, 1.54) is 5.56 Å². The molecule has 30 heavy (non-hydrogen) atoms. The summed E-state index contributed by atoms with van der Waals surface area (Å²) in [7, 11) is 1.99. The van der Waals surface area contributed by atoms with Gasteiger partial charge in [0.25, 0.3) is 0 Å². The second-order valence-electron chi connectivity index (χ2n) is 7.11. The van der Waals surface area contributed by atoms with Crippen molar-refractivity contribution in [1.29, 1.82) is 0 Å². The van der Waals surface area contributed by atoms with E-state index in [2.05, 4.69) is 15.4 Å². The second kappa shape index (κ2) is 11.7. The predicted molar refractivity (Wildman–Crippen MR) is 133 cm³/mol. The Balaban J connectivity index is 0.00000320. The third kappa shape index (κ3) is 6.56. The number of aliphatic hydroxyl groups is 1. The van der Waals surface area contributed by atoms with Crippen LogP contribution < -0.4 is 5.32 Å². The second-order valence-corrected chi connectivity index (χ2v) is 7.11. The molecule has 1 heterocycles. The first kappa shape index (κ1) is 23.9. The van der Waals surface area contributed by atoms with Crippen molar-refractivity contribution in [3.63, 3.8) is 0 Å². The van der Waals surface area contributed by atoms with Gasteiger partial charge in [0, 0.05) is 31.9 Å². The number of hydrogen-bond acceptors (Lipinski definition) is 3. The minimum absolute atomic E-state index is 0. The van der Waals surface area contributed by atoms with Gasteiger partial charge in [0.1, 0.15) is 0 Å². The van der Waals surface area contributed by atoms with Crippen LogP contribution in [0.3, 0.4) is 0 Å². The maximum atomic E-state index is 10.5. The molecule has 0 spiro atoms. The summed E-state index contributed by atoms with van der Waals surface area (Å²) in [5.74, 6) is 0.756. The molecule has 0 aliphatic rings. The fourth-order valence-electron chi connectivity index (χ4n) is 3.05. The van der Waals surface area contributed by atoms with Gasteiger partial charge in [-0.25, -0.2) is 4.68 Å². The number of aromatic nitrogens is 2. The van der Waals surface area contributed by atoms with Crippen LogP contribution in [0.4, 0.5) is 0 Å². The number of halogens is 1. The van der Waals surface area contributed by atoms with E-state index < -0.39 is 6.10 Å². The molecule has 2 aromatic carbocycles. The molecule has 1 atom stereocenters. The smallest absolute Gasteiger partial charge is 0.194 e. The summed E-state index contributed by atoms with van der Waals surface area (Å²) in [6.45, 7) is 5.80. The van der Waals surface area contributed by atoms with Gasteiger partial charge in [-0.2, -0.15) is 5.10 Å². The van der Waals surface area contributed by atoms with E-state index in [4.69, 9.17) is 0 Å². The molecule has 0 fully saturated rings. The van der Waals surface area contributed by atoms with Crippen LogP contribution in [0.2, 0.25) is 0 Å². The Morgan fingerprint density at radius 2 is 1.87 bits per heavy atom. The Bertz CT molecular complexity index is 924. The van der Waals surface area contributed by atoms with Crippen molar-refractivity contribution in [2.45, 2.75) is 26.5 Å². The topological polar surface area (TPSA) is 65.7 Å². The number of aliphatic hydroxyl groups excluding tert-OH is 1. The Kier molecular flexibility index (Phi) is 9.32. The molecule has 0 radical (unpaired) electrons. The summed E-state index contributed by atoms with van der Waals surface area (Å²) >= 11 is 0. The van der Waals surface area contributed by atoms with Gasteiger partial charge in [-0.1, -0.05) is 48.0 Å². The van der Waals surface area contributed by atoms with Crippen LogP contribution in [-0.2, 0) is 6.54 Å². The Hall–Kier alpha value is -2.39. The van der Waals surface area contributed by atoms with Gasteiger partial charge >= 0.3 is 0 Å². The highest BCUT2D eigenvalue weighted by atomic mass is 127. The number of rotatable bonds is 7. The van der Waals surface area contributed by atoms with Crippen LogP contribution >= 0.6 is 24.0 Å². The molecule has 0 saturated heterocycles. The van der Waals surface area contributed by atoms with E-state index in [1.54, 1.807) is 0 Å². The summed E-state index contributed by atoms with van der Waals surface area (Å²) < 4.78 is 1.87. The third-order valence-electron chi connectivity index (χ3n) is 4.65. The molecule has 0 saturated carbocycles. The SMILES string of the molecule is CCNC(=NCC(O)c1ccc(C)cc1)N(C)Cc1cnn(-c2ccccc2)c1.I. The number of hydrogen-bond donors (Lipinski definition) is 2. The van der Waals surface area contributed by atoms with E-state index >= 15 is 0 Å². The third-order valence-corrected chi connectivity index (χ3v) is 4.65. The van der Waals surface area contributed by atoms with E-state index in [1.807, 2.05) is 97.5 Å². The van der Waals surface area contributed by atoms with Crippen molar-refractivity contribution in [1.82, 2.24) is 20.0 Å². The molecule has 0 aliphatic heterocycles. The van der Waals surface area contributed by atoms with Crippen molar-refractivity contribution in [3.05, 3.63) is 83.7 Å². The zero-order chi connectivity index (χ0) is 20.6. The number of nitrogens with zero attached hydrogens (tertiary/aromatic N) is 4. The molecule has 2 N–H and O–H groups in total. The molecule has 0 aliphatic carbocycles. The van der Waals surface area contributed by atoms with E-state index in [0.717, 1.165) is 29.3 Å². The maximum Gasteiger partial charge on any atom is 0.194 e. The standard InChI is InChI=1S/C23H29N5O.HI/c1-4-24-23(25-15-22(29)20-12-10-18(2)11-13-20)27(3)16-19-14-26-28(17-19)21-8-6-5-7-9-21;/h5-14,17,22,29H,4,15-16H2,1-3H3,(H,24,25);1H. The molecule has 7 heteroatoms. The van der Waals surface area contributed by atoms with Crippen molar-refractivity contribution >= 4 is 29.9 Å². The Morgan fingerprint density at radius 1 is 1.17 bits per heavy atom. The Labute approximate surface area is 195 Å². The van der Waals surface area contributed by atoms with Crippen LogP contribution in [0.15, 0.2) is 72.0 Å². The van der Waals surface area contributed by atoms with Crippen LogP contribution in [0.1, 0.15) is 29.7 Å². The van der Waals surface area contributed by atoms with Crippen LogP contribution in [0, 0.1) is 6.92 Å². The largest absolute Gasteiger partial charge is 0.386 e. The zero-order valence-corrected chi connectivity index (χ0v) is 20.0. The summed E-state index contributed by atoms with van der Waals surface area (Å²) in [4.78, 5) is 6.67. The van der Waals surface area contributed by atoms with Gasteiger partial charge in [-0.3, -0.25) is 4.99 Å². The van der Waals surface area contributed by atoms with Crippen molar-refractivity contribution in [3.8, 4) is 5.69 Å². The average molecular weight is 519 g/mol. The average Bonchev–Trinajstić information content (AvgIpc) is 3.20. The molecule has 3 aromatic rings. The van der Waals surface area contributed by atoms with Crippen molar-refractivity contribution in [2.75, 3.05) is 20.1 Å². The zero-order valence-electron chi connectivity index (χ0n) is 17.7. The Morgan fingerprint density at radius 3 is 2.53 bits per heavy atom. The molecule has 160 valence electrons. The van der Waals surface area contributed by atoms with Gasteiger partial charge in [0.05, 0.1) is 24.5 Å². The van der Waals surface area contributed by atoms with Gasteiger partial charge in [0.2, 0.25) is 0 Å². The van der Waals surface area contributed by atoms with Gasteiger partial charge < -0.3 is 15.3 Å². The minimum atomic E-state index is -0.626. The normalized spacial score (nSPS) is 12.2. The van der Waals surface area contributed by atoms with Crippen molar-refractivity contribution < 1.29 is 5.11 Å². The first-order valence-corrected chi connectivity index (χ1v) is 9.90. The number of para-hydroxylation sites is 1. The summed E-state index contributed by atoms with van der Waals surface area (Å²) in [5.41, 5.74) is 4.17. The van der Waals surface area contributed by atoms with Gasteiger partial charge in [-0.05, 0) is 31.5 Å². The highest BCUT2D eigenvalue weighted by molar-refractivity contribution is 14.0. The molecule has 1 unspecified atom stereocenters. The van der Waals surface area contributed by atoms with E-state index in [9.17, 15) is 5.11 Å². The highest BCUT2D eigenvalue weighted by Gasteiger charge is 2.11. The summed E-state index contributed by atoms with van der Waals surface area (Å²) in [6.07, 6.45) is 3.27. The lowest BCUT2D eigenvalue weighted by Gasteiger charge is -2.22. The predicted octanol–water partition coefficient (Wildman–Crippen LogP) is 3.93. The lowest BCUT2D eigenvalue weighted by atomic mass is 10.1. The van der Waals surface area contributed by atoms with Gasteiger partial charge in [0.15, 0.2) is 5.96 Å². The molecule has 1 aromatic heterocycles. The van der Waals surface area contributed by atoms with Crippen molar-refractivity contribution in [2.24, 2.45) is 4.99 Å². The minimum Gasteiger partial charge on any atom is -0.386 e. The van der Waals surface area contributed by atoms with E-state index in [-0.39, 0.29) is 24.0 Å². The monoisotopic (exact) mass is 519 g/mol. The fourth-order valence-corrected chi connectivity index (χ4v) is 3.05. The highest BCUT2D eigenvalue weighted by Crippen LogP contribution is 2.14. The number of aliphatic imine (C=N–C) groups is 1. The molecular weight excluding hydrogens is 489 g/mol. The molecule has 6 nitrogen and oxygen atoms in total. The fraction of sp³-hybridized carbons (Fsp3) is 0.304. The van der Waals surface area contributed by atoms with E-state index in [0.29, 0.717) is 13.1 Å². The first-order valence-electron chi connectivity index (χ1n) is 9.90. The lowest BCUT2D eigenvalue weighted by Crippen LogP contribution is -2.38. The molecular formula is C23H30IN5O. The van der Waals surface area contributed by atoms with Crippen LogP contribution in [0.5, 0.6) is 0 Å². The number of benzene rings is 2. The summed E-state index contributed by atoms with van der Waals surface area (Å²) in [6, 6.07) is 17.9. The number of guanidine groups is 1. The van der Waals surface area contributed by atoms with Crippen LogP contribution in [0.25, 0.3) is 5.69 Å². The molecule has 0 bridgehead atoms. The number of nitrogens with one attached hydrogen (secondary N) is 1. The molecule has 3 rings (SSSR count). The first-order chi connectivity index (χ1) is 14.1.